The first-order chi connectivity index (χ1) is 8.99. The molecular formula is C14H19N3O2. The number of benzene rings is 1. The number of amides is 2. The van der Waals surface area contributed by atoms with Crippen LogP contribution in [0.25, 0.3) is 0 Å². The summed E-state index contributed by atoms with van der Waals surface area (Å²) < 4.78 is 0. The van der Waals surface area contributed by atoms with Gasteiger partial charge in [0, 0.05) is 7.05 Å². The molecule has 2 unspecified atom stereocenters. The Hall–Kier alpha value is -2.06. The molecule has 0 radical (unpaired) electrons. The summed E-state index contributed by atoms with van der Waals surface area (Å²) in [6.45, 7) is 3.57. The molecule has 1 rings (SSSR count). The molecule has 102 valence electrons. The summed E-state index contributed by atoms with van der Waals surface area (Å²) in [5, 5.41) is 20.6. The molecule has 0 aliphatic heterocycles. The van der Waals surface area contributed by atoms with Crippen molar-refractivity contribution >= 4 is 6.03 Å². The number of aliphatic hydroxyl groups is 1. The summed E-state index contributed by atoms with van der Waals surface area (Å²) in [6.07, 6.45) is 0. The fraction of sp³-hybridized carbons (Fsp3) is 0.429. The number of aliphatic hydroxyl groups excluding tert-OH is 1. The van der Waals surface area contributed by atoms with Gasteiger partial charge in [-0.25, -0.2) is 4.79 Å². The number of hydrogen-bond acceptors (Lipinski definition) is 3. The Kier molecular flexibility index (Phi) is 5.34. The number of rotatable bonds is 4. The summed E-state index contributed by atoms with van der Waals surface area (Å²) in [5.41, 5.74) is 1.52. The van der Waals surface area contributed by atoms with Gasteiger partial charge in [0.15, 0.2) is 0 Å². The minimum absolute atomic E-state index is 0.0742. The second kappa shape index (κ2) is 6.76. The van der Waals surface area contributed by atoms with Gasteiger partial charge in [0.2, 0.25) is 0 Å². The Bertz CT molecular complexity index is 465. The lowest BCUT2D eigenvalue weighted by Gasteiger charge is -2.25. The van der Waals surface area contributed by atoms with Gasteiger partial charge in [-0.3, -0.25) is 0 Å². The van der Waals surface area contributed by atoms with Gasteiger partial charge in [-0.15, -0.1) is 0 Å². The third-order valence-electron chi connectivity index (χ3n) is 3.13. The summed E-state index contributed by atoms with van der Waals surface area (Å²) in [7, 11) is 1.64. The van der Waals surface area contributed by atoms with Crippen LogP contribution in [-0.4, -0.2) is 35.7 Å². The van der Waals surface area contributed by atoms with Crippen molar-refractivity contribution in [2.24, 2.45) is 0 Å². The van der Waals surface area contributed by atoms with Gasteiger partial charge >= 0.3 is 6.03 Å². The third-order valence-corrected chi connectivity index (χ3v) is 3.13. The smallest absolute Gasteiger partial charge is 0.317 e. The maximum Gasteiger partial charge on any atom is 0.317 e. The standard InChI is InChI=1S/C14H19N3O2/c1-10(9-18)17(3)14(19)16-11(2)13-6-4-12(8-15)5-7-13/h4-7,10-11,18H,9H2,1-3H3,(H,16,19). The Morgan fingerprint density at radius 3 is 2.47 bits per heavy atom. The van der Waals surface area contributed by atoms with E-state index in [1.54, 1.807) is 26.1 Å². The number of nitriles is 1. The average molecular weight is 261 g/mol. The van der Waals surface area contributed by atoms with Crippen LogP contribution in [0.15, 0.2) is 24.3 Å². The molecule has 0 heterocycles. The highest BCUT2D eigenvalue weighted by atomic mass is 16.3. The molecule has 19 heavy (non-hydrogen) atoms. The van der Waals surface area contributed by atoms with Crippen molar-refractivity contribution in [2.45, 2.75) is 25.9 Å². The van der Waals surface area contributed by atoms with E-state index >= 15 is 0 Å². The van der Waals surface area contributed by atoms with Crippen molar-refractivity contribution in [3.8, 4) is 6.07 Å². The van der Waals surface area contributed by atoms with Gasteiger partial charge in [-0.1, -0.05) is 12.1 Å². The van der Waals surface area contributed by atoms with Crippen molar-refractivity contribution in [2.75, 3.05) is 13.7 Å². The van der Waals surface area contributed by atoms with Crippen LogP contribution in [0.5, 0.6) is 0 Å². The predicted molar refractivity (Wildman–Crippen MR) is 72.4 cm³/mol. The first-order valence-corrected chi connectivity index (χ1v) is 6.13. The van der Waals surface area contributed by atoms with Crippen LogP contribution in [0.3, 0.4) is 0 Å². The molecule has 0 aromatic heterocycles. The van der Waals surface area contributed by atoms with E-state index in [-0.39, 0.29) is 24.7 Å². The molecule has 0 aliphatic carbocycles. The highest BCUT2D eigenvalue weighted by Gasteiger charge is 2.17. The summed E-state index contributed by atoms with van der Waals surface area (Å²) in [6, 6.07) is 8.50. The normalized spacial score (nSPS) is 13.2. The fourth-order valence-electron chi connectivity index (χ4n) is 1.54. The zero-order chi connectivity index (χ0) is 14.4. The molecule has 0 bridgehead atoms. The van der Waals surface area contributed by atoms with Crippen LogP contribution in [-0.2, 0) is 0 Å². The second-order valence-electron chi connectivity index (χ2n) is 4.55. The van der Waals surface area contributed by atoms with E-state index in [0.29, 0.717) is 5.56 Å². The molecule has 1 aromatic carbocycles. The first kappa shape index (κ1) is 15.0. The van der Waals surface area contributed by atoms with Crippen LogP contribution in [0.1, 0.15) is 31.0 Å². The van der Waals surface area contributed by atoms with E-state index in [4.69, 9.17) is 10.4 Å². The summed E-state index contributed by atoms with van der Waals surface area (Å²) >= 11 is 0. The topological polar surface area (TPSA) is 76.4 Å². The Morgan fingerprint density at radius 2 is 2.00 bits per heavy atom. The minimum atomic E-state index is -0.238. The van der Waals surface area contributed by atoms with Crippen LogP contribution >= 0.6 is 0 Å². The average Bonchev–Trinajstić information content (AvgIpc) is 2.45. The zero-order valence-corrected chi connectivity index (χ0v) is 11.4. The van der Waals surface area contributed by atoms with Gasteiger partial charge in [-0.2, -0.15) is 5.26 Å². The highest BCUT2D eigenvalue weighted by Crippen LogP contribution is 2.13. The lowest BCUT2D eigenvalue weighted by Crippen LogP contribution is -2.44. The first-order valence-electron chi connectivity index (χ1n) is 6.13. The molecule has 5 heteroatoms. The molecule has 1 aromatic rings. The molecular weight excluding hydrogens is 242 g/mol. The van der Waals surface area contributed by atoms with Crippen LogP contribution in [0.4, 0.5) is 4.79 Å². The maximum absolute atomic E-state index is 11.9. The van der Waals surface area contributed by atoms with Gasteiger partial charge < -0.3 is 15.3 Å². The number of urea groups is 1. The van der Waals surface area contributed by atoms with Crippen LogP contribution in [0.2, 0.25) is 0 Å². The monoisotopic (exact) mass is 261 g/mol. The SMILES string of the molecule is CC(NC(=O)N(C)C(C)CO)c1ccc(C#N)cc1. The van der Waals surface area contributed by atoms with Gasteiger partial charge in [0.1, 0.15) is 0 Å². The van der Waals surface area contributed by atoms with Gasteiger partial charge in [-0.05, 0) is 31.5 Å². The summed E-state index contributed by atoms with van der Waals surface area (Å²) in [5.74, 6) is 0. The van der Waals surface area contributed by atoms with Crippen molar-refractivity contribution in [1.29, 1.82) is 5.26 Å². The molecule has 0 fully saturated rings. The number of hydrogen-bond donors (Lipinski definition) is 2. The maximum atomic E-state index is 11.9. The quantitative estimate of drug-likeness (QED) is 0.865. The zero-order valence-electron chi connectivity index (χ0n) is 11.4. The Morgan fingerprint density at radius 1 is 1.42 bits per heavy atom. The number of nitrogens with one attached hydrogen (secondary N) is 1. The molecule has 0 saturated carbocycles. The Labute approximate surface area is 113 Å². The molecule has 2 amide bonds. The van der Waals surface area contributed by atoms with Crippen LogP contribution < -0.4 is 5.32 Å². The van der Waals surface area contributed by atoms with E-state index in [0.717, 1.165) is 5.56 Å². The van der Waals surface area contributed by atoms with Crippen LogP contribution in [0, 0.1) is 11.3 Å². The molecule has 0 saturated heterocycles. The molecule has 0 spiro atoms. The van der Waals surface area contributed by atoms with E-state index in [9.17, 15) is 4.79 Å². The largest absolute Gasteiger partial charge is 0.394 e. The molecule has 0 aliphatic rings. The second-order valence-corrected chi connectivity index (χ2v) is 4.55. The summed E-state index contributed by atoms with van der Waals surface area (Å²) in [4.78, 5) is 13.4. The molecule has 5 nitrogen and oxygen atoms in total. The third kappa shape index (κ3) is 3.97. The lowest BCUT2D eigenvalue weighted by atomic mass is 10.1. The van der Waals surface area contributed by atoms with Gasteiger partial charge in [0.25, 0.3) is 0 Å². The molecule has 2 N–H and O–H groups in total. The van der Waals surface area contributed by atoms with Crippen molar-refractivity contribution in [3.63, 3.8) is 0 Å². The van der Waals surface area contributed by atoms with E-state index in [2.05, 4.69) is 11.4 Å². The van der Waals surface area contributed by atoms with Crippen molar-refractivity contribution in [1.82, 2.24) is 10.2 Å². The number of likely N-dealkylation sites (N-methyl/N-ethyl adjacent to an activating group) is 1. The van der Waals surface area contributed by atoms with E-state index in [1.807, 2.05) is 19.1 Å². The van der Waals surface area contributed by atoms with Gasteiger partial charge in [0.05, 0.1) is 30.3 Å². The number of carbonyl (C=O) groups excluding carboxylic acids is 1. The van der Waals surface area contributed by atoms with Crippen molar-refractivity contribution < 1.29 is 9.90 Å². The molecule has 2 atom stereocenters. The number of carbonyl (C=O) groups is 1. The minimum Gasteiger partial charge on any atom is -0.394 e. The highest BCUT2D eigenvalue weighted by molar-refractivity contribution is 5.74. The fourth-order valence-corrected chi connectivity index (χ4v) is 1.54. The predicted octanol–water partition coefficient (Wildman–Crippen LogP) is 1.64. The Balaban J connectivity index is 2.66. The lowest BCUT2D eigenvalue weighted by molar-refractivity contribution is 0.155. The van der Waals surface area contributed by atoms with E-state index in [1.165, 1.54) is 4.90 Å². The number of nitrogens with zero attached hydrogens (tertiary/aromatic N) is 2. The van der Waals surface area contributed by atoms with E-state index < -0.39 is 0 Å². The van der Waals surface area contributed by atoms with Crippen molar-refractivity contribution in [3.05, 3.63) is 35.4 Å².